The molecule has 0 aliphatic carbocycles. The van der Waals surface area contributed by atoms with Gasteiger partial charge in [0.15, 0.2) is 6.10 Å². The van der Waals surface area contributed by atoms with Gasteiger partial charge in [0.1, 0.15) is 5.75 Å². The first-order valence-corrected chi connectivity index (χ1v) is 10.7. The van der Waals surface area contributed by atoms with E-state index in [9.17, 15) is 9.59 Å². The van der Waals surface area contributed by atoms with E-state index >= 15 is 0 Å². The number of likely N-dealkylation sites (tertiary alicyclic amines) is 1. The Morgan fingerprint density at radius 2 is 1.79 bits per heavy atom. The maximum absolute atomic E-state index is 12.7. The molecule has 0 saturated carbocycles. The molecule has 1 fully saturated rings. The van der Waals surface area contributed by atoms with Gasteiger partial charge in [-0.25, -0.2) is 0 Å². The van der Waals surface area contributed by atoms with Crippen molar-refractivity contribution in [2.24, 2.45) is 0 Å². The molecular weight excluding hydrogens is 372 g/mol. The van der Waals surface area contributed by atoms with Gasteiger partial charge < -0.3 is 15.0 Å². The van der Waals surface area contributed by atoms with E-state index in [0.29, 0.717) is 24.8 Å². The van der Waals surface area contributed by atoms with Crippen molar-refractivity contribution in [2.45, 2.75) is 51.7 Å². The lowest BCUT2D eigenvalue weighted by Gasteiger charge is -2.33. The lowest BCUT2D eigenvalue weighted by molar-refractivity contribution is -0.139. The topological polar surface area (TPSA) is 58.6 Å². The minimum absolute atomic E-state index is 0.00373. The van der Waals surface area contributed by atoms with E-state index in [-0.39, 0.29) is 17.9 Å². The molecule has 2 heterocycles. The van der Waals surface area contributed by atoms with Crippen molar-refractivity contribution in [3.8, 4) is 5.75 Å². The first-order valence-electron chi connectivity index (χ1n) is 9.84. The molecule has 1 aliphatic heterocycles. The van der Waals surface area contributed by atoms with Crippen molar-refractivity contribution in [3.05, 3.63) is 52.2 Å². The van der Waals surface area contributed by atoms with Gasteiger partial charge in [0.25, 0.3) is 11.8 Å². The zero-order valence-corrected chi connectivity index (χ0v) is 17.5. The molecule has 1 aliphatic rings. The Bertz CT molecular complexity index is 779. The van der Waals surface area contributed by atoms with Crippen LogP contribution in [0.3, 0.4) is 0 Å². The number of thiophene rings is 1. The average molecular weight is 401 g/mol. The maximum Gasteiger partial charge on any atom is 0.263 e. The fourth-order valence-electron chi connectivity index (χ4n) is 3.35. The minimum atomic E-state index is -0.526. The molecule has 1 saturated heterocycles. The molecular formula is C22H28N2O3S. The molecule has 1 aromatic heterocycles. The van der Waals surface area contributed by atoms with Gasteiger partial charge in [-0.05, 0) is 54.8 Å². The Balaban J connectivity index is 1.46. The molecule has 150 valence electrons. The Labute approximate surface area is 170 Å². The summed E-state index contributed by atoms with van der Waals surface area (Å²) in [5, 5.41) is 4.96. The van der Waals surface area contributed by atoms with Crippen LogP contribution in [-0.2, 0) is 4.79 Å². The Hall–Kier alpha value is -2.34. The number of nitrogens with one attached hydrogen (secondary N) is 1. The zero-order valence-electron chi connectivity index (χ0n) is 16.7. The second kappa shape index (κ2) is 9.24. The number of rotatable bonds is 6. The van der Waals surface area contributed by atoms with E-state index in [1.807, 2.05) is 46.7 Å². The number of hydrogen-bond donors (Lipinski definition) is 1. The van der Waals surface area contributed by atoms with Crippen LogP contribution in [0.2, 0.25) is 0 Å². The Morgan fingerprint density at radius 1 is 1.11 bits per heavy atom. The minimum Gasteiger partial charge on any atom is -0.481 e. The highest BCUT2D eigenvalue weighted by atomic mass is 32.1. The van der Waals surface area contributed by atoms with Gasteiger partial charge in [-0.3, -0.25) is 9.59 Å². The van der Waals surface area contributed by atoms with E-state index in [0.717, 1.165) is 17.7 Å². The van der Waals surface area contributed by atoms with Crippen LogP contribution in [0.5, 0.6) is 5.75 Å². The van der Waals surface area contributed by atoms with Crippen LogP contribution in [0.1, 0.15) is 54.8 Å². The molecule has 5 nitrogen and oxygen atoms in total. The quantitative estimate of drug-likeness (QED) is 0.795. The predicted octanol–water partition coefficient (Wildman–Crippen LogP) is 4.06. The van der Waals surface area contributed by atoms with E-state index in [1.165, 1.54) is 16.9 Å². The summed E-state index contributed by atoms with van der Waals surface area (Å²) in [6.45, 7) is 7.36. The first-order chi connectivity index (χ1) is 13.4. The smallest absolute Gasteiger partial charge is 0.263 e. The van der Waals surface area contributed by atoms with Crippen LogP contribution < -0.4 is 10.1 Å². The van der Waals surface area contributed by atoms with Crippen LogP contribution in [0.25, 0.3) is 0 Å². The van der Waals surface area contributed by atoms with Gasteiger partial charge in [-0.1, -0.05) is 32.0 Å². The molecule has 0 bridgehead atoms. The highest BCUT2D eigenvalue weighted by Gasteiger charge is 2.28. The second-order valence-corrected chi connectivity index (χ2v) is 8.48. The summed E-state index contributed by atoms with van der Waals surface area (Å²) in [6.07, 6.45) is 0.999. The summed E-state index contributed by atoms with van der Waals surface area (Å²) in [5.41, 5.74) is 1.25. The fourth-order valence-corrected chi connectivity index (χ4v) is 3.98. The zero-order chi connectivity index (χ0) is 20.1. The van der Waals surface area contributed by atoms with Crippen molar-refractivity contribution < 1.29 is 14.3 Å². The van der Waals surface area contributed by atoms with Crippen LogP contribution in [0.4, 0.5) is 0 Å². The summed E-state index contributed by atoms with van der Waals surface area (Å²) in [5.74, 6) is 1.15. The molecule has 2 aromatic rings. The van der Waals surface area contributed by atoms with Gasteiger partial charge in [0.2, 0.25) is 0 Å². The number of ether oxygens (including phenoxy) is 1. The molecule has 6 heteroatoms. The number of nitrogens with zero attached hydrogens (tertiary/aromatic N) is 1. The monoisotopic (exact) mass is 400 g/mol. The largest absolute Gasteiger partial charge is 0.481 e. The molecule has 1 atom stereocenters. The van der Waals surface area contributed by atoms with Gasteiger partial charge in [-0.2, -0.15) is 0 Å². The molecule has 2 amide bonds. The molecule has 1 aromatic carbocycles. The third kappa shape index (κ3) is 5.13. The number of piperidine rings is 1. The van der Waals surface area contributed by atoms with Gasteiger partial charge >= 0.3 is 0 Å². The van der Waals surface area contributed by atoms with Crippen molar-refractivity contribution >= 4 is 23.2 Å². The molecule has 1 N–H and O–H groups in total. The number of amides is 2. The van der Waals surface area contributed by atoms with E-state index < -0.39 is 6.10 Å². The molecule has 0 radical (unpaired) electrons. The number of carbonyl (C=O) groups excluding carboxylic acids is 2. The summed E-state index contributed by atoms with van der Waals surface area (Å²) in [7, 11) is 0. The third-order valence-electron chi connectivity index (χ3n) is 5.09. The van der Waals surface area contributed by atoms with Crippen LogP contribution >= 0.6 is 11.3 Å². The van der Waals surface area contributed by atoms with E-state index in [1.54, 1.807) is 6.92 Å². The standard InChI is InChI=1S/C22H28N2O3S/c1-15(2)17-6-8-19(9-7-17)27-16(3)22(26)24-12-10-18(11-13-24)23-21(25)20-5-4-14-28-20/h4-9,14-16,18H,10-13H2,1-3H3,(H,23,25). The van der Waals surface area contributed by atoms with Gasteiger partial charge in [-0.15, -0.1) is 11.3 Å². The van der Waals surface area contributed by atoms with Crippen molar-refractivity contribution in [1.82, 2.24) is 10.2 Å². The Morgan fingerprint density at radius 3 is 2.36 bits per heavy atom. The van der Waals surface area contributed by atoms with Gasteiger partial charge in [0, 0.05) is 19.1 Å². The summed E-state index contributed by atoms with van der Waals surface area (Å²) < 4.78 is 5.84. The highest BCUT2D eigenvalue weighted by Crippen LogP contribution is 2.20. The number of hydrogen-bond acceptors (Lipinski definition) is 4. The van der Waals surface area contributed by atoms with Crippen LogP contribution in [0.15, 0.2) is 41.8 Å². The van der Waals surface area contributed by atoms with E-state index in [4.69, 9.17) is 4.74 Å². The molecule has 3 rings (SSSR count). The average Bonchev–Trinajstić information content (AvgIpc) is 3.23. The second-order valence-electron chi connectivity index (χ2n) is 7.53. The lowest BCUT2D eigenvalue weighted by Crippen LogP contribution is -2.49. The summed E-state index contributed by atoms with van der Waals surface area (Å²) >= 11 is 1.44. The maximum atomic E-state index is 12.7. The lowest BCUT2D eigenvalue weighted by atomic mass is 10.0. The van der Waals surface area contributed by atoms with E-state index in [2.05, 4.69) is 19.2 Å². The number of benzene rings is 1. The third-order valence-corrected chi connectivity index (χ3v) is 5.96. The van der Waals surface area contributed by atoms with Crippen molar-refractivity contribution in [1.29, 1.82) is 0 Å². The van der Waals surface area contributed by atoms with Crippen molar-refractivity contribution in [3.63, 3.8) is 0 Å². The normalized spacial score (nSPS) is 16.1. The fraction of sp³-hybridized carbons (Fsp3) is 0.455. The Kier molecular flexibility index (Phi) is 6.73. The van der Waals surface area contributed by atoms with Crippen molar-refractivity contribution in [2.75, 3.05) is 13.1 Å². The summed E-state index contributed by atoms with van der Waals surface area (Å²) in [6, 6.07) is 11.7. The van der Waals surface area contributed by atoms with Crippen LogP contribution in [0, 0.1) is 0 Å². The molecule has 0 spiro atoms. The number of carbonyl (C=O) groups is 2. The predicted molar refractivity (Wildman–Crippen MR) is 112 cm³/mol. The first kappa shape index (κ1) is 20.4. The molecule has 1 unspecified atom stereocenters. The summed E-state index contributed by atoms with van der Waals surface area (Å²) in [4.78, 5) is 27.4. The highest BCUT2D eigenvalue weighted by molar-refractivity contribution is 7.12. The molecule has 28 heavy (non-hydrogen) atoms. The van der Waals surface area contributed by atoms with Crippen LogP contribution in [-0.4, -0.2) is 41.9 Å². The van der Waals surface area contributed by atoms with Gasteiger partial charge in [0.05, 0.1) is 4.88 Å². The SMILES string of the molecule is CC(Oc1ccc(C(C)C)cc1)C(=O)N1CCC(NC(=O)c2cccs2)CC1.